The lowest BCUT2D eigenvalue weighted by Gasteiger charge is -2.09. The normalized spacial score (nSPS) is 11.0. The summed E-state index contributed by atoms with van der Waals surface area (Å²) in [6.45, 7) is 0. The monoisotopic (exact) mass is 436 g/mol. The molecule has 0 aliphatic carbocycles. The van der Waals surface area contributed by atoms with Crippen LogP contribution in [-0.2, 0) is 25.3 Å². The molecular formula is C21H20N6O5. The summed E-state index contributed by atoms with van der Waals surface area (Å²) in [5, 5.41) is 6.86. The van der Waals surface area contributed by atoms with E-state index in [9.17, 15) is 14.4 Å². The fourth-order valence-electron chi connectivity index (χ4n) is 3.19. The largest absolute Gasteiger partial charge is 0.497 e. The van der Waals surface area contributed by atoms with E-state index < -0.39 is 11.2 Å². The number of aryl methyl sites for hydroxylation is 2. The zero-order valence-corrected chi connectivity index (χ0v) is 17.7. The highest BCUT2D eigenvalue weighted by Gasteiger charge is 2.13. The highest BCUT2D eigenvalue weighted by atomic mass is 16.5. The Labute approximate surface area is 181 Å². The number of fused-ring (bicyclic) bond motifs is 1. The van der Waals surface area contributed by atoms with Crippen molar-refractivity contribution in [1.82, 2.24) is 24.3 Å². The minimum absolute atomic E-state index is 0.0908. The van der Waals surface area contributed by atoms with Crippen LogP contribution in [0.3, 0.4) is 0 Å². The summed E-state index contributed by atoms with van der Waals surface area (Å²) < 4.78 is 12.6. The van der Waals surface area contributed by atoms with Crippen LogP contribution in [0.1, 0.15) is 12.3 Å². The summed E-state index contributed by atoms with van der Waals surface area (Å²) in [4.78, 5) is 45.2. The average Bonchev–Trinajstić information content (AvgIpc) is 3.29. The molecule has 0 radical (unpaired) electrons. The van der Waals surface area contributed by atoms with E-state index in [1.165, 1.54) is 30.9 Å². The summed E-state index contributed by atoms with van der Waals surface area (Å²) in [7, 11) is 4.50. The SMILES string of the molecule is COc1ccc(-c2noc(CCC(=O)Nc3cnc4c(c3)c(=O)n(C)c(=O)n4C)n2)cc1. The van der Waals surface area contributed by atoms with Gasteiger partial charge in [0.15, 0.2) is 0 Å². The molecule has 0 bridgehead atoms. The number of anilines is 1. The summed E-state index contributed by atoms with van der Waals surface area (Å²) in [5.41, 5.74) is 0.406. The Morgan fingerprint density at radius 2 is 1.91 bits per heavy atom. The number of rotatable bonds is 6. The molecule has 0 saturated heterocycles. The van der Waals surface area contributed by atoms with Gasteiger partial charge in [0.2, 0.25) is 17.6 Å². The lowest BCUT2D eigenvalue weighted by molar-refractivity contribution is -0.116. The third kappa shape index (κ3) is 4.00. The predicted octanol–water partition coefficient (Wildman–Crippen LogP) is 1.26. The highest BCUT2D eigenvalue weighted by Crippen LogP contribution is 2.20. The first-order chi connectivity index (χ1) is 15.4. The maximum Gasteiger partial charge on any atom is 0.332 e. The zero-order chi connectivity index (χ0) is 22.8. The molecule has 3 heterocycles. The van der Waals surface area contributed by atoms with Crippen molar-refractivity contribution >= 4 is 22.6 Å². The quantitative estimate of drug-likeness (QED) is 0.477. The molecule has 11 nitrogen and oxygen atoms in total. The Hall–Kier alpha value is -4.28. The van der Waals surface area contributed by atoms with Crippen LogP contribution in [0.4, 0.5) is 5.69 Å². The number of hydrogen-bond acceptors (Lipinski definition) is 8. The topological polar surface area (TPSA) is 134 Å². The summed E-state index contributed by atoms with van der Waals surface area (Å²) in [6, 6.07) is 8.71. The number of amides is 1. The van der Waals surface area contributed by atoms with Gasteiger partial charge in [-0.25, -0.2) is 9.78 Å². The van der Waals surface area contributed by atoms with Crippen molar-refractivity contribution in [3.05, 3.63) is 63.3 Å². The molecule has 0 aliphatic heterocycles. The molecule has 0 spiro atoms. The second-order valence-electron chi connectivity index (χ2n) is 7.09. The van der Waals surface area contributed by atoms with Crippen LogP contribution in [-0.4, -0.2) is 37.3 Å². The van der Waals surface area contributed by atoms with E-state index in [2.05, 4.69) is 20.4 Å². The van der Waals surface area contributed by atoms with Crippen molar-refractivity contribution < 1.29 is 14.1 Å². The van der Waals surface area contributed by atoms with Gasteiger partial charge < -0.3 is 14.6 Å². The number of methoxy groups -OCH3 is 1. The van der Waals surface area contributed by atoms with E-state index in [1.807, 2.05) is 12.1 Å². The van der Waals surface area contributed by atoms with Crippen LogP contribution < -0.4 is 21.3 Å². The minimum Gasteiger partial charge on any atom is -0.497 e. The van der Waals surface area contributed by atoms with Crippen molar-refractivity contribution in [3.63, 3.8) is 0 Å². The number of nitrogens with zero attached hydrogens (tertiary/aromatic N) is 5. The van der Waals surface area contributed by atoms with Crippen LogP contribution in [0.2, 0.25) is 0 Å². The van der Waals surface area contributed by atoms with Gasteiger partial charge in [0.05, 0.1) is 24.4 Å². The number of pyridine rings is 1. The lowest BCUT2D eigenvalue weighted by atomic mass is 10.2. The summed E-state index contributed by atoms with van der Waals surface area (Å²) >= 11 is 0. The van der Waals surface area contributed by atoms with Crippen molar-refractivity contribution in [1.29, 1.82) is 0 Å². The molecule has 1 aromatic carbocycles. The van der Waals surface area contributed by atoms with Crippen molar-refractivity contribution in [2.45, 2.75) is 12.8 Å². The van der Waals surface area contributed by atoms with Crippen LogP contribution in [0, 0.1) is 0 Å². The van der Waals surface area contributed by atoms with Gasteiger partial charge in [-0.2, -0.15) is 4.98 Å². The Balaban J connectivity index is 1.43. The van der Waals surface area contributed by atoms with Crippen LogP contribution >= 0.6 is 0 Å². The molecule has 3 aromatic heterocycles. The van der Waals surface area contributed by atoms with Crippen LogP contribution in [0.5, 0.6) is 5.75 Å². The fraction of sp³-hybridized carbons (Fsp3) is 0.238. The van der Waals surface area contributed by atoms with Gasteiger partial charge in [0, 0.05) is 32.5 Å². The number of carbonyl (C=O) groups is 1. The number of benzene rings is 1. The third-order valence-corrected chi connectivity index (χ3v) is 4.96. The molecule has 11 heteroatoms. The molecule has 0 atom stereocenters. The molecule has 0 unspecified atom stereocenters. The Morgan fingerprint density at radius 1 is 1.16 bits per heavy atom. The van der Waals surface area contributed by atoms with E-state index in [4.69, 9.17) is 9.26 Å². The Morgan fingerprint density at radius 3 is 2.62 bits per heavy atom. The van der Waals surface area contributed by atoms with Crippen LogP contribution in [0.15, 0.2) is 50.6 Å². The molecule has 0 aliphatic rings. The average molecular weight is 436 g/mol. The second-order valence-corrected chi connectivity index (χ2v) is 7.09. The first kappa shape index (κ1) is 21.0. The van der Waals surface area contributed by atoms with Gasteiger partial charge in [-0.05, 0) is 30.3 Å². The van der Waals surface area contributed by atoms with Gasteiger partial charge in [-0.1, -0.05) is 5.16 Å². The molecule has 4 aromatic rings. The van der Waals surface area contributed by atoms with Gasteiger partial charge in [0.1, 0.15) is 11.4 Å². The number of ether oxygens (including phenoxy) is 1. The highest BCUT2D eigenvalue weighted by molar-refractivity contribution is 5.92. The van der Waals surface area contributed by atoms with Gasteiger partial charge in [-0.15, -0.1) is 0 Å². The standard InChI is InChI=1S/C21H20N6O5/c1-26-19-15(20(29)27(2)21(26)30)10-13(11-22-19)23-16(28)8-9-17-24-18(25-32-17)12-4-6-14(31-3)7-5-12/h4-7,10-11H,8-9H2,1-3H3,(H,23,28). The first-order valence-electron chi connectivity index (χ1n) is 9.70. The maximum absolute atomic E-state index is 12.4. The molecule has 1 N–H and O–H groups in total. The van der Waals surface area contributed by atoms with E-state index in [1.54, 1.807) is 19.2 Å². The van der Waals surface area contributed by atoms with Crippen LogP contribution in [0.25, 0.3) is 22.4 Å². The molecule has 0 fully saturated rings. The van der Waals surface area contributed by atoms with Crippen molar-refractivity contribution in [2.75, 3.05) is 12.4 Å². The minimum atomic E-state index is -0.483. The summed E-state index contributed by atoms with van der Waals surface area (Å²) in [5.74, 6) is 1.16. The Bertz CT molecular complexity index is 1420. The zero-order valence-electron chi connectivity index (χ0n) is 17.7. The number of carbonyl (C=O) groups excluding carboxylic acids is 1. The maximum atomic E-state index is 12.4. The summed E-state index contributed by atoms with van der Waals surface area (Å²) in [6.07, 6.45) is 1.73. The molecule has 4 rings (SSSR count). The molecule has 1 amide bonds. The van der Waals surface area contributed by atoms with Crippen molar-refractivity contribution in [3.8, 4) is 17.1 Å². The predicted molar refractivity (Wildman–Crippen MR) is 115 cm³/mol. The molecule has 0 saturated carbocycles. The molecule has 32 heavy (non-hydrogen) atoms. The van der Waals surface area contributed by atoms with Gasteiger partial charge >= 0.3 is 5.69 Å². The first-order valence-corrected chi connectivity index (χ1v) is 9.70. The number of hydrogen-bond donors (Lipinski definition) is 1. The second kappa shape index (κ2) is 8.46. The van der Waals surface area contributed by atoms with Gasteiger partial charge in [0.25, 0.3) is 5.56 Å². The smallest absolute Gasteiger partial charge is 0.332 e. The Kier molecular flexibility index (Phi) is 5.54. The van der Waals surface area contributed by atoms with Crippen molar-refractivity contribution in [2.24, 2.45) is 14.1 Å². The fourth-order valence-corrected chi connectivity index (χ4v) is 3.19. The molecule has 164 valence electrons. The number of nitrogens with one attached hydrogen (secondary N) is 1. The number of aromatic nitrogens is 5. The van der Waals surface area contributed by atoms with E-state index >= 15 is 0 Å². The van der Waals surface area contributed by atoms with E-state index in [-0.39, 0.29) is 29.8 Å². The van der Waals surface area contributed by atoms with Gasteiger partial charge in [-0.3, -0.25) is 18.7 Å². The lowest BCUT2D eigenvalue weighted by Crippen LogP contribution is -2.37. The van der Waals surface area contributed by atoms with E-state index in [0.29, 0.717) is 17.4 Å². The van der Waals surface area contributed by atoms with E-state index in [0.717, 1.165) is 15.9 Å². The molecular weight excluding hydrogens is 416 g/mol. The third-order valence-electron chi connectivity index (χ3n) is 4.96.